The number of aliphatic carboxylic acids is 2. The molecule has 0 aromatic heterocycles. The van der Waals surface area contributed by atoms with E-state index < -0.39 is 22.8 Å². The van der Waals surface area contributed by atoms with Crippen LogP contribution in [0.25, 0.3) is 0 Å². The fourth-order valence-corrected chi connectivity index (χ4v) is 2.85. The van der Waals surface area contributed by atoms with E-state index in [2.05, 4.69) is 6.92 Å². The Morgan fingerprint density at radius 3 is 1.45 bits per heavy atom. The molecule has 0 aromatic rings. The van der Waals surface area contributed by atoms with Crippen LogP contribution in [0.15, 0.2) is 0 Å². The summed E-state index contributed by atoms with van der Waals surface area (Å²) in [6, 6.07) is 0. The molecule has 0 saturated carbocycles. The molecule has 0 aliphatic rings. The third-order valence-electron chi connectivity index (χ3n) is 4.42. The van der Waals surface area contributed by atoms with E-state index in [4.69, 9.17) is 0 Å². The van der Waals surface area contributed by atoms with Gasteiger partial charge in [0, 0.05) is 0 Å². The van der Waals surface area contributed by atoms with Gasteiger partial charge in [-0.25, -0.2) is 0 Å². The van der Waals surface area contributed by atoms with Crippen LogP contribution in [0, 0.1) is 10.8 Å². The van der Waals surface area contributed by atoms with E-state index in [9.17, 15) is 19.8 Å². The summed E-state index contributed by atoms with van der Waals surface area (Å²) in [5.74, 6) is -2.43. The first-order valence-corrected chi connectivity index (χ1v) is 8.17. The molecule has 0 rings (SSSR count). The van der Waals surface area contributed by atoms with Gasteiger partial charge in [-0.15, -0.1) is 0 Å². The molecule has 5 heteroatoms. The molecule has 0 unspecified atom stereocenters. The molecule has 0 spiro atoms. The number of carboxylic acids is 2. The number of hydrogen-bond acceptors (Lipinski definition) is 2. The van der Waals surface area contributed by atoms with E-state index in [0.29, 0.717) is 6.42 Å². The molecule has 0 aliphatic heterocycles. The van der Waals surface area contributed by atoms with Gasteiger partial charge in [-0.3, -0.25) is 9.59 Å². The van der Waals surface area contributed by atoms with Crippen LogP contribution in [0.3, 0.4) is 0 Å². The van der Waals surface area contributed by atoms with Crippen molar-refractivity contribution in [2.75, 3.05) is 0 Å². The molecule has 0 atom stereocenters. The molecule has 0 aromatic carbocycles. The van der Waals surface area contributed by atoms with E-state index in [0.717, 1.165) is 19.3 Å². The molecule has 0 heterocycles. The van der Waals surface area contributed by atoms with Crippen molar-refractivity contribution in [2.45, 2.75) is 85.5 Å². The van der Waals surface area contributed by atoms with Gasteiger partial charge < -0.3 is 10.2 Å². The average molecular weight is 343 g/mol. The van der Waals surface area contributed by atoms with Gasteiger partial charge in [-0.2, -0.15) is 0 Å². The standard InChI is InChI=1S/C17H32O4.Ca.2H/c1-5-6-7-8-9-10-11-12-13-17(14(18)19,15(20)21)16(2,3)4;;;/h5-13H2,1-4H3,(H,18,19)(H,20,21);;;. The van der Waals surface area contributed by atoms with Gasteiger partial charge in [-0.1, -0.05) is 79.1 Å². The SMILES string of the molecule is CCCCCCCCCCC(C(=O)O)(C(=O)O)C(C)(C)C.[CaH2]. The zero-order valence-electron chi connectivity index (χ0n) is 14.1. The fourth-order valence-electron chi connectivity index (χ4n) is 2.85. The number of hydrogen-bond donors (Lipinski definition) is 2. The molecule has 0 radical (unpaired) electrons. The van der Waals surface area contributed by atoms with Crippen molar-refractivity contribution >= 4 is 49.7 Å². The molecular formula is C17H34CaO4. The third-order valence-corrected chi connectivity index (χ3v) is 4.42. The summed E-state index contributed by atoms with van der Waals surface area (Å²) in [4.78, 5) is 23.1. The summed E-state index contributed by atoms with van der Waals surface area (Å²) in [6.45, 7) is 7.27. The summed E-state index contributed by atoms with van der Waals surface area (Å²) >= 11 is 0. The second-order valence-corrected chi connectivity index (χ2v) is 6.99. The Hall–Kier alpha value is 0.200. The maximum atomic E-state index is 11.6. The molecule has 0 bridgehead atoms. The van der Waals surface area contributed by atoms with Crippen molar-refractivity contribution in [2.24, 2.45) is 10.8 Å². The van der Waals surface area contributed by atoms with Crippen molar-refractivity contribution in [3.05, 3.63) is 0 Å². The van der Waals surface area contributed by atoms with Gasteiger partial charge >= 0.3 is 49.7 Å². The van der Waals surface area contributed by atoms with E-state index in [1.54, 1.807) is 20.8 Å². The van der Waals surface area contributed by atoms with Crippen molar-refractivity contribution in [1.29, 1.82) is 0 Å². The van der Waals surface area contributed by atoms with Crippen molar-refractivity contribution in [3.63, 3.8) is 0 Å². The van der Waals surface area contributed by atoms with Gasteiger partial charge in [0.2, 0.25) is 0 Å². The molecule has 2 N–H and O–H groups in total. The first-order valence-electron chi connectivity index (χ1n) is 8.17. The predicted molar refractivity (Wildman–Crippen MR) is 92.9 cm³/mol. The Bertz CT molecular complexity index is 320. The van der Waals surface area contributed by atoms with Gasteiger partial charge in [0.1, 0.15) is 0 Å². The minimum absolute atomic E-state index is 0. The van der Waals surface area contributed by atoms with Crippen LogP contribution in [0.1, 0.15) is 85.5 Å². The summed E-state index contributed by atoms with van der Waals surface area (Å²) in [6.07, 6.45) is 8.95. The number of unbranched alkanes of at least 4 members (excludes halogenated alkanes) is 7. The van der Waals surface area contributed by atoms with Gasteiger partial charge in [0.25, 0.3) is 0 Å². The van der Waals surface area contributed by atoms with Crippen LogP contribution >= 0.6 is 0 Å². The Balaban J connectivity index is 0. The van der Waals surface area contributed by atoms with E-state index in [1.165, 1.54) is 25.7 Å². The van der Waals surface area contributed by atoms with Crippen LogP contribution in [0.4, 0.5) is 0 Å². The molecule has 4 nitrogen and oxygen atoms in total. The minimum atomic E-state index is -1.69. The normalized spacial score (nSPS) is 11.8. The molecule has 128 valence electrons. The monoisotopic (exact) mass is 342 g/mol. The number of rotatable bonds is 11. The van der Waals surface area contributed by atoms with Crippen molar-refractivity contribution in [1.82, 2.24) is 0 Å². The van der Waals surface area contributed by atoms with Crippen LogP contribution in [0.5, 0.6) is 0 Å². The average Bonchev–Trinajstić information content (AvgIpc) is 2.34. The molecule has 0 aliphatic carbocycles. The Kier molecular flexibility index (Phi) is 13.0. The molecule has 0 amide bonds. The third kappa shape index (κ3) is 7.18. The molecule has 22 heavy (non-hydrogen) atoms. The van der Waals surface area contributed by atoms with Gasteiger partial charge in [0.15, 0.2) is 5.41 Å². The predicted octanol–water partition coefficient (Wildman–Crippen LogP) is 3.80. The quantitative estimate of drug-likeness (QED) is 0.340. The van der Waals surface area contributed by atoms with E-state index in [-0.39, 0.29) is 44.2 Å². The Morgan fingerprint density at radius 2 is 1.14 bits per heavy atom. The van der Waals surface area contributed by atoms with Gasteiger partial charge in [0.05, 0.1) is 0 Å². The van der Waals surface area contributed by atoms with Crippen LogP contribution in [-0.4, -0.2) is 59.9 Å². The summed E-state index contributed by atoms with van der Waals surface area (Å²) in [5.41, 5.74) is -2.49. The number of carboxylic acid groups (broad SMARTS) is 2. The van der Waals surface area contributed by atoms with Crippen LogP contribution in [0.2, 0.25) is 0 Å². The second-order valence-electron chi connectivity index (χ2n) is 6.99. The summed E-state index contributed by atoms with van der Waals surface area (Å²) < 4.78 is 0. The fraction of sp³-hybridized carbons (Fsp3) is 0.882. The first-order chi connectivity index (χ1) is 9.70. The first kappa shape index (κ1) is 24.5. The maximum absolute atomic E-state index is 11.6. The van der Waals surface area contributed by atoms with Crippen molar-refractivity contribution < 1.29 is 19.8 Å². The number of carbonyl (C=O) groups is 2. The van der Waals surface area contributed by atoms with Crippen molar-refractivity contribution in [3.8, 4) is 0 Å². The van der Waals surface area contributed by atoms with Gasteiger partial charge in [-0.05, 0) is 11.8 Å². The zero-order chi connectivity index (χ0) is 16.5. The van der Waals surface area contributed by atoms with Crippen LogP contribution in [-0.2, 0) is 9.59 Å². The molecular weight excluding hydrogens is 308 g/mol. The Morgan fingerprint density at radius 1 is 0.773 bits per heavy atom. The van der Waals surface area contributed by atoms with Crippen LogP contribution < -0.4 is 0 Å². The molecule has 0 fully saturated rings. The molecule has 0 saturated heterocycles. The Labute approximate surface area is 165 Å². The summed E-state index contributed by atoms with van der Waals surface area (Å²) in [7, 11) is 0. The topological polar surface area (TPSA) is 74.6 Å². The van der Waals surface area contributed by atoms with E-state index in [1.807, 2.05) is 0 Å². The van der Waals surface area contributed by atoms with E-state index >= 15 is 0 Å². The zero-order valence-corrected chi connectivity index (χ0v) is 14.1. The summed E-state index contributed by atoms with van der Waals surface area (Å²) in [5, 5.41) is 18.9. The second kappa shape index (κ2) is 11.7.